The molecule has 14 nitrogen and oxygen atoms in total. The summed E-state index contributed by atoms with van der Waals surface area (Å²) in [5.74, 6) is -0.273. The van der Waals surface area contributed by atoms with Gasteiger partial charge in [-0.15, -0.1) is 0 Å². The average Bonchev–Trinajstić information content (AvgIpc) is 4.07. The van der Waals surface area contributed by atoms with Gasteiger partial charge in [-0.25, -0.2) is 0 Å². The van der Waals surface area contributed by atoms with Gasteiger partial charge in [-0.3, -0.25) is 24.0 Å². The Morgan fingerprint density at radius 2 is 1.16 bits per heavy atom. The first-order chi connectivity index (χ1) is 30.6. The van der Waals surface area contributed by atoms with Crippen molar-refractivity contribution in [1.29, 1.82) is 0 Å². The molecular weight excluding hydrogens is 825 g/mol. The molecule has 0 spiro atoms. The minimum atomic E-state index is -0.836. The summed E-state index contributed by atoms with van der Waals surface area (Å²) in [4.78, 5) is 65.6. The van der Waals surface area contributed by atoms with Crippen LogP contribution in [0.3, 0.4) is 0 Å². The predicted molar refractivity (Wildman–Crippen MR) is 219 cm³/mol. The van der Waals surface area contributed by atoms with Crippen LogP contribution in [0.25, 0.3) is 0 Å². The largest absolute Gasteiger partial charge is 0.481 e. The van der Waals surface area contributed by atoms with Crippen molar-refractivity contribution in [2.75, 3.05) is 13.2 Å². The van der Waals surface area contributed by atoms with Gasteiger partial charge in [0.15, 0.2) is 0 Å². The number of carbonyl (C=O) groups excluding carboxylic acids is 4. The number of aliphatic carboxylic acids is 1. The Morgan fingerprint density at radius 3 is 1.77 bits per heavy atom. The van der Waals surface area contributed by atoms with Gasteiger partial charge in [0, 0.05) is 11.8 Å². The van der Waals surface area contributed by atoms with Crippen LogP contribution in [0.1, 0.15) is 86.0 Å². The molecule has 14 heteroatoms. The first-order valence-electron chi connectivity index (χ1n) is 25.2. The predicted octanol–water partition coefficient (Wildman–Crippen LogP) is 4.31. The molecule has 9 saturated heterocycles. The number of aliphatic hydroxyl groups is 1. The van der Waals surface area contributed by atoms with Crippen LogP contribution >= 0.6 is 0 Å². The van der Waals surface area contributed by atoms with Crippen LogP contribution in [0.5, 0.6) is 0 Å². The van der Waals surface area contributed by atoms with Crippen LogP contribution in [-0.4, -0.2) is 108 Å². The van der Waals surface area contributed by atoms with E-state index in [4.69, 9.17) is 33.2 Å². The fourth-order valence-electron chi connectivity index (χ4n) is 19.3. The number of carbonyl (C=O) groups is 5. The van der Waals surface area contributed by atoms with Gasteiger partial charge in [0.25, 0.3) is 0 Å². The molecule has 9 aliphatic heterocycles. The maximum absolute atomic E-state index is 13.6. The van der Waals surface area contributed by atoms with E-state index in [-0.39, 0.29) is 133 Å². The Kier molecular flexibility index (Phi) is 9.22. The molecule has 64 heavy (non-hydrogen) atoms. The Morgan fingerprint density at radius 1 is 0.609 bits per heavy atom. The topological polar surface area (TPSA) is 190 Å². The fourth-order valence-corrected chi connectivity index (χ4v) is 19.3. The van der Waals surface area contributed by atoms with E-state index in [9.17, 15) is 34.2 Å². The maximum Gasteiger partial charge on any atom is 0.317 e. The van der Waals surface area contributed by atoms with E-state index in [2.05, 4.69) is 6.92 Å². The van der Waals surface area contributed by atoms with Crippen molar-refractivity contribution in [3.05, 3.63) is 0 Å². The molecule has 4 aliphatic carbocycles. The number of ether oxygens (including phenoxy) is 7. The molecule has 0 radical (unpaired) electrons. The van der Waals surface area contributed by atoms with Gasteiger partial charge in [-0.2, -0.15) is 0 Å². The molecule has 13 rings (SSSR count). The van der Waals surface area contributed by atoms with Crippen molar-refractivity contribution < 1.29 is 67.3 Å². The third kappa shape index (κ3) is 5.58. The molecular formula is C50H66O14. The van der Waals surface area contributed by atoms with Gasteiger partial charge >= 0.3 is 29.8 Å². The number of cyclic esters (lactones) is 2. The number of fused-ring (bicyclic) bond motifs is 27. The Balaban J connectivity index is 0.823. The first-order valence-corrected chi connectivity index (χ1v) is 25.2. The number of esters is 4. The average molecular weight is 891 g/mol. The van der Waals surface area contributed by atoms with E-state index in [1.807, 2.05) is 20.8 Å². The van der Waals surface area contributed by atoms with E-state index in [0.29, 0.717) is 54.3 Å². The highest BCUT2D eigenvalue weighted by molar-refractivity contribution is 5.96. The number of hydrogen-bond acceptors (Lipinski definition) is 13. The van der Waals surface area contributed by atoms with Crippen molar-refractivity contribution in [2.24, 2.45) is 124 Å². The summed E-state index contributed by atoms with van der Waals surface area (Å²) in [6.45, 7) is 9.83. The van der Waals surface area contributed by atoms with E-state index < -0.39 is 47.4 Å². The zero-order valence-electron chi connectivity index (χ0n) is 37.6. The lowest BCUT2D eigenvalue weighted by molar-refractivity contribution is -0.163. The van der Waals surface area contributed by atoms with Crippen LogP contribution in [0, 0.1) is 124 Å². The monoisotopic (exact) mass is 890 g/mol. The Hall–Kier alpha value is -2.65. The molecule has 13 fully saturated rings. The molecule has 13 aliphatic rings. The number of carboxylic acid groups (broad SMARTS) is 1. The van der Waals surface area contributed by atoms with Gasteiger partial charge in [-0.05, 0) is 155 Å². The minimum Gasteiger partial charge on any atom is -0.481 e. The van der Waals surface area contributed by atoms with Crippen LogP contribution in [0.2, 0.25) is 0 Å². The van der Waals surface area contributed by atoms with E-state index in [1.54, 1.807) is 6.92 Å². The number of hydrogen-bond donors (Lipinski definition) is 2. The molecule has 0 aromatic heterocycles. The van der Waals surface area contributed by atoms with E-state index in [0.717, 1.165) is 38.5 Å². The van der Waals surface area contributed by atoms with Crippen molar-refractivity contribution in [2.45, 2.75) is 140 Å². The Labute approximate surface area is 374 Å². The molecule has 4 saturated carbocycles. The van der Waals surface area contributed by atoms with Gasteiger partial charge in [0.1, 0.15) is 12.2 Å². The highest BCUT2D eigenvalue weighted by atomic mass is 16.6. The molecule has 29 atom stereocenters. The molecule has 0 amide bonds. The molecule has 12 bridgehead atoms. The summed E-state index contributed by atoms with van der Waals surface area (Å²) < 4.78 is 44.8. The van der Waals surface area contributed by atoms with Crippen LogP contribution in [-0.2, 0) is 57.1 Å². The molecule has 0 aromatic rings. The van der Waals surface area contributed by atoms with Gasteiger partial charge in [0.2, 0.25) is 0 Å². The maximum atomic E-state index is 13.6. The minimum absolute atomic E-state index is 0.00512. The van der Waals surface area contributed by atoms with Crippen molar-refractivity contribution in [3.8, 4) is 0 Å². The summed E-state index contributed by atoms with van der Waals surface area (Å²) in [7, 11) is 0. The zero-order valence-corrected chi connectivity index (χ0v) is 37.6. The second-order valence-electron chi connectivity index (χ2n) is 24.4. The first kappa shape index (κ1) is 41.5. The molecule has 9 heterocycles. The normalized spacial score (nSPS) is 56.9. The summed E-state index contributed by atoms with van der Waals surface area (Å²) in [5, 5.41) is 19.7. The van der Waals surface area contributed by atoms with Crippen molar-refractivity contribution >= 4 is 29.8 Å². The van der Waals surface area contributed by atoms with E-state index in [1.165, 1.54) is 0 Å². The van der Waals surface area contributed by atoms with E-state index >= 15 is 0 Å². The number of aliphatic hydroxyl groups excluding tert-OH is 1. The van der Waals surface area contributed by atoms with Crippen molar-refractivity contribution in [3.63, 3.8) is 0 Å². The van der Waals surface area contributed by atoms with Crippen LogP contribution in [0.15, 0.2) is 0 Å². The standard InChI is InChI=1S/C50H66O14/c1-16-20(39-34-23-8-18(32(34)38(16)60-39)11-29(23)49(57)64-50(3,4)5)12-24-26(41-35-22-9-19(33(35)40(24)61-41)10-28(22)47(55)58-7-6-51)14-27-25(13-21-17(2)46(54)63-48(21)56)43-37-36(42(27)62-43)31-15-30(45(52)53)44(37)59-31/h16-44,51H,6-15H2,1-5H3,(H,52,53). The van der Waals surface area contributed by atoms with Gasteiger partial charge in [-0.1, -0.05) is 13.8 Å². The fraction of sp³-hybridized carbons (Fsp3) is 0.900. The lowest BCUT2D eigenvalue weighted by atomic mass is 9.54. The highest BCUT2D eigenvalue weighted by Crippen LogP contribution is 2.72. The zero-order chi connectivity index (χ0) is 44.2. The smallest absolute Gasteiger partial charge is 0.317 e. The number of rotatable bonds is 11. The highest BCUT2D eigenvalue weighted by Gasteiger charge is 2.75. The summed E-state index contributed by atoms with van der Waals surface area (Å²) in [6, 6.07) is 0. The van der Waals surface area contributed by atoms with Gasteiger partial charge < -0.3 is 43.4 Å². The second kappa shape index (κ2) is 14.2. The molecule has 29 unspecified atom stereocenters. The van der Waals surface area contributed by atoms with Gasteiger partial charge in [0.05, 0.1) is 85.0 Å². The van der Waals surface area contributed by atoms with Crippen molar-refractivity contribution in [1.82, 2.24) is 0 Å². The number of carboxylic acids is 1. The SMILES string of the molecule is CC1C(=O)OC(=O)C1CC1C(CC2C(CC3C(C)C4OC3C3C5CC(CC5C(=O)OC(C)(C)C)C43)C3OC2C2C4CC(CC4C(=O)OCCO)C32)C2OC1C1C3OC(CC3C(=O)O)C21. The van der Waals surface area contributed by atoms with Crippen LogP contribution < -0.4 is 0 Å². The summed E-state index contributed by atoms with van der Waals surface area (Å²) >= 11 is 0. The third-order valence-corrected chi connectivity index (χ3v) is 21.1. The third-order valence-electron chi connectivity index (χ3n) is 21.1. The summed E-state index contributed by atoms with van der Waals surface area (Å²) in [6.07, 6.45) is 5.70. The lowest BCUT2D eigenvalue weighted by Gasteiger charge is -2.47. The van der Waals surface area contributed by atoms with Crippen LogP contribution in [0.4, 0.5) is 0 Å². The molecule has 0 aromatic carbocycles. The molecule has 350 valence electrons. The second-order valence-corrected chi connectivity index (χ2v) is 24.4. The lowest BCUT2D eigenvalue weighted by Crippen LogP contribution is -2.52. The Bertz CT molecular complexity index is 2020. The molecule has 2 N–H and O–H groups in total. The summed E-state index contributed by atoms with van der Waals surface area (Å²) in [5.41, 5.74) is -0.528. The quantitative estimate of drug-likeness (QED) is 0.170.